The first-order valence-corrected chi connectivity index (χ1v) is 9.02. The summed E-state index contributed by atoms with van der Waals surface area (Å²) in [6, 6.07) is 7.87. The molecule has 3 rings (SSSR count). The van der Waals surface area contributed by atoms with Crippen molar-refractivity contribution in [3.63, 3.8) is 0 Å². The molecule has 0 unspecified atom stereocenters. The largest absolute Gasteiger partial charge is 0.410 e. The molecule has 1 aromatic carbocycles. The van der Waals surface area contributed by atoms with E-state index in [0.717, 1.165) is 21.6 Å². The normalized spacial score (nSPS) is 10.9. The molecule has 23 heavy (non-hydrogen) atoms. The van der Waals surface area contributed by atoms with Gasteiger partial charge in [0.25, 0.3) is 11.1 Å². The van der Waals surface area contributed by atoms with Gasteiger partial charge in [0, 0.05) is 5.56 Å². The summed E-state index contributed by atoms with van der Waals surface area (Å²) in [6.45, 7) is 6.03. The van der Waals surface area contributed by atoms with Crippen molar-refractivity contribution in [1.82, 2.24) is 10.2 Å². The van der Waals surface area contributed by atoms with Gasteiger partial charge in [0.2, 0.25) is 0 Å². The maximum absolute atomic E-state index is 12.4. The van der Waals surface area contributed by atoms with Gasteiger partial charge in [-0.15, -0.1) is 21.5 Å². The number of aromatic nitrogens is 2. The quantitative estimate of drug-likeness (QED) is 0.496. The Bertz CT molecular complexity index is 838. The van der Waals surface area contributed by atoms with Crippen LogP contribution in [0.15, 0.2) is 39.3 Å². The van der Waals surface area contributed by atoms with E-state index in [1.807, 2.05) is 37.4 Å². The third-order valence-electron chi connectivity index (χ3n) is 3.61. The van der Waals surface area contributed by atoms with Gasteiger partial charge in [-0.25, -0.2) is 0 Å². The number of thiophene rings is 1. The number of hydrogen-bond acceptors (Lipinski definition) is 6. The zero-order valence-electron chi connectivity index (χ0n) is 13.1. The van der Waals surface area contributed by atoms with Gasteiger partial charge in [-0.05, 0) is 55.0 Å². The highest BCUT2D eigenvalue weighted by atomic mass is 32.2. The average Bonchev–Trinajstić information content (AvgIpc) is 3.19. The van der Waals surface area contributed by atoms with Crippen molar-refractivity contribution in [1.29, 1.82) is 0 Å². The third-order valence-corrected chi connectivity index (χ3v) is 5.28. The SMILES string of the molecule is Cc1cc(C)c(C(=O)CSc2nnc(-c3cccs3)o2)cc1C. The summed E-state index contributed by atoms with van der Waals surface area (Å²) in [5, 5.41) is 10.4. The molecular formula is C17H16N2O2S2. The second-order valence-corrected chi connectivity index (χ2v) is 7.19. The Morgan fingerprint density at radius 1 is 1.17 bits per heavy atom. The van der Waals surface area contributed by atoms with Crippen molar-refractivity contribution in [2.24, 2.45) is 0 Å². The van der Waals surface area contributed by atoms with Crippen LogP contribution in [0, 0.1) is 20.8 Å². The lowest BCUT2D eigenvalue weighted by Crippen LogP contribution is -2.06. The molecular weight excluding hydrogens is 328 g/mol. The molecule has 0 N–H and O–H groups in total. The van der Waals surface area contributed by atoms with E-state index in [-0.39, 0.29) is 11.5 Å². The van der Waals surface area contributed by atoms with Crippen LogP contribution in [0.25, 0.3) is 10.8 Å². The summed E-state index contributed by atoms with van der Waals surface area (Å²) in [5.41, 5.74) is 4.09. The van der Waals surface area contributed by atoms with E-state index < -0.39 is 0 Å². The molecule has 4 nitrogen and oxygen atoms in total. The molecule has 0 fully saturated rings. The molecule has 6 heteroatoms. The Hall–Kier alpha value is -1.92. The molecule has 118 valence electrons. The summed E-state index contributed by atoms with van der Waals surface area (Å²) >= 11 is 2.82. The highest BCUT2D eigenvalue weighted by molar-refractivity contribution is 7.99. The fraction of sp³-hybridized carbons (Fsp3) is 0.235. The molecule has 2 aromatic heterocycles. The van der Waals surface area contributed by atoms with Crippen molar-refractivity contribution in [2.75, 3.05) is 5.75 Å². The van der Waals surface area contributed by atoms with E-state index in [2.05, 4.69) is 23.2 Å². The molecule has 0 saturated heterocycles. The highest BCUT2D eigenvalue weighted by Gasteiger charge is 2.15. The van der Waals surface area contributed by atoms with Crippen LogP contribution in [-0.2, 0) is 0 Å². The summed E-state index contributed by atoms with van der Waals surface area (Å²) < 4.78 is 5.59. The van der Waals surface area contributed by atoms with Crippen LogP contribution in [0.1, 0.15) is 27.0 Å². The molecule has 0 aliphatic heterocycles. The number of ketones is 1. The van der Waals surface area contributed by atoms with Crippen LogP contribution in [-0.4, -0.2) is 21.7 Å². The summed E-state index contributed by atoms with van der Waals surface area (Å²) in [7, 11) is 0. The molecule has 0 atom stereocenters. The smallest absolute Gasteiger partial charge is 0.277 e. The van der Waals surface area contributed by atoms with Gasteiger partial charge in [-0.1, -0.05) is 23.9 Å². The van der Waals surface area contributed by atoms with Crippen LogP contribution < -0.4 is 0 Å². The second kappa shape index (κ2) is 6.68. The first kappa shape index (κ1) is 16.0. The van der Waals surface area contributed by atoms with E-state index in [9.17, 15) is 4.79 Å². The first-order valence-electron chi connectivity index (χ1n) is 7.16. The van der Waals surface area contributed by atoms with Crippen molar-refractivity contribution < 1.29 is 9.21 Å². The lowest BCUT2D eigenvalue weighted by Gasteiger charge is -2.08. The number of thioether (sulfide) groups is 1. The molecule has 0 aliphatic rings. The molecule has 0 radical (unpaired) electrons. The van der Waals surface area contributed by atoms with Gasteiger partial charge >= 0.3 is 0 Å². The molecule has 0 amide bonds. The van der Waals surface area contributed by atoms with Gasteiger partial charge in [0.1, 0.15) is 0 Å². The van der Waals surface area contributed by atoms with E-state index in [0.29, 0.717) is 11.1 Å². The Morgan fingerprint density at radius 2 is 1.96 bits per heavy atom. The Kier molecular flexibility index (Phi) is 4.63. The van der Waals surface area contributed by atoms with Crippen molar-refractivity contribution in [3.8, 4) is 10.8 Å². The van der Waals surface area contributed by atoms with Crippen LogP contribution in [0.3, 0.4) is 0 Å². The zero-order valence-corrected chi connectivity index (χ0v) is 14.8. The number of carbonyl (C=O) groups excluding carboxylic acids is 1. The number of nitrogens with zero attached hydrogens (tertiary/aromatic N) is 2. The van der Waals surface area contributed by atoms with Gasteiger partial charge < -0.3 is 4.42 Å². The van der Waals surface area contributed by atoms with Crippen LogP contribution >= 0.6 is 23.1 Å². The van der Waals surface area contributed by atoms with Gasteiger partial charge in [-0.2, -0.15) is 0 Å². The summed E-state index contributed by atoms with van der Waals surface area (Å²) in [6.07, 6.45) is 0. The first-order chi connectivity index (χ1) is 11.0. The fourth-order valence-corrected chi connectivity index (χ4v) is 3.52. The van der Waals surface area contributed by atoms with E-state index >= 15 is 0 Å². The third kappa shape index (κ3) is 3.54. The van der Waals surface area contributed by atoms with Crippen molar-refractivity contribution in [2.45, 2.75) is 26.0 Å². The number of rotatable bonds is 5. The predicted molar refractivity (Wildman–Crippen MR) is 93.3 cm³/mol. The summed E-state index contributed by atoms with van der Waals surface area (Å²) in [5.74, 6) is 0.860. The maximum Gasteiger partial charge on any atom is 0.277 e. The molecule has 0 aliphatic carbocycles. The van der Waals surface area contributed by atoms with Gasteiger partial charge in [0.15, 0.2) is 5.78 Å². The highest BCUT2D eigenvalue weighted by Crippen LogP contribution is 2.27. The van der Waals surface area contributed by atoms with Crippen LogP contribution in [0.2, 0.25) is 0 Å². The number of hydrogen-bond donors (Lipinski definition) is 0. The maximum atomic E-state index is 12.4. The molecule has 0 saturated carbocycles. The number of aryl methyl sites for hydroxylation is 3. The molecule has 2 heterocycles. The fourth-order valence-electron chi connectivity index (χ4n) is 2.23. The van der Waals surface area contributed by atoms with Gasteiger partial charge in [0.05, 0.1) is 10.6 Å². The zero-order chi connectivity index (χ0) is 16.4. The van der Waals surface area contributed by atoms with E-state index in [4.69, 9.17) is 4.42 Å². The Morgan fingerprint density at radius 3 is 2.70 bits per heavy atom. The minimum absolute atomic E-state index is 0.0754. The standard InChI is InChI=1S/C17H16N2O2S2/c1-10-7-12(3)13(8-11(10)2)14(20)9-23-17-19-18-16(21-17)15-5-4-6-22-15/h4-8H,9H2,1-3H3. The van der Waals surface area contributed by atoms with Gasteiger partial charge in [-0.3, -0.25) is 4.79 Å². The van der Waals surface area contributed by atoms with Crippen molar-refractivity contribution >= 4 is 28.9 Å². The Balaban J connectivity index is 1.69. The molecule has 0 spiro atoms. The Labute approximate surface area is 142 Å². The lowest BCUT2D eigenvalue weighted by atomic mass is 9.99. The van der Waals surface area contributed by atoms with Crippen molar-refractivity contribution in [3.05, 3.63) is 51.9 Å². The monoisotopic (exact) mass is 344 g/mol. The molecule has 3 aromatic rings. The number of Topliss-reactive ketones (excluding diaryl/α,β-unsaturated/α-hetero) is 1. The predicted octanol–water partition coefficient (Wildman–Crippen LogP) is 4.70. The summed E-state index contributed by atoms with van der Waals surface area (Å²) in [4.78, 5) is 13.4. The minimum atomic E-state index is 0.0754. The second-order valence-electron chi connectivity index (χ2n) is 5.31. The average molecular weight is 344 g/mol. The van der Waals surface area contributed by atoms with Crippen LogP contribution in [0.4, 0.5) is 0 Å². The molecule has 0 bridgehead atoms. The van der Waals surface area contributed by atoms with Crippen LogP contribution in [0.5, 0.6) is 0 Å². The number of carbonyl (C=O) groups is 1. The number of benzene rings is 1. The van der Waals surface area contributed by atoms with E-state index in [1.165, 1.54) is 17.3 Å². The lowest BCUT2D eigenvalue weighted by molar-refractivity contribution is 0.102. The topological polar surface area (TPSA) is 56.0 Å². The minimum Gasteiger partial charge on any atom is -0.410 e. The van der Waals surface area contributed by atoms with E-state index in [1.54, 1.807) is 11.3 Å².